The Morgan fingerprint density at radius 2 is 2.09 bits per heavy atom. The molecule has 1 aliphatic carbocycles. The summed E-state index contributed by atoms with van der Waals surface area (Å²) in [6.07, 6.45) is 3.75. The van der Waals surface area contributed by atoms with Crippen LogP contribution in [0, 0.1) is 0 Å². The minimum absolute atomic E-state index is 0.0625. The zero-order valence-corrected chi connectivity index (χ0v) is 14.6. The minimum Gasteiger partial charge on any atom is -0.379 e. The molecule has 1 aromatic carbocycles. The third-order valence-electron chi connectivity index (χ3n) is 4.15. The van der Waals surface area contributed by atoms with Crippen molar-refractivity contribution < 1.29 is 9.53 Å². The smallest absolute Gasteiger partial charge is 0.230 e. The molecule has 1 amide bonds. The van der Waals surface area contributed by atoms with Gasteiger partial charge in [-0.15, -0.1) is 0 Å². The van der Waals surface area contributed by atoms with Gasteiger partial charge in [-0.3, -0.25) is 4.79 Å². The SMILES string of the molecule is CC(C)OCCCNC(=O)C1(c2ccc(Cl)cc2Cl)CCC1. The summed E-state index contributed by atoms with van der Waals surface area (Å²) in [5, 5.41) is 4.20. The second kappa shape index (κ2) is 7.67. The molecule has 0 saturated heterocycles. The van der Waals surface area contributed by atoms with Crippen molar-refractivity contribution >= 4 is 29.1 Å². The van der Waals surface area contributed by atoms with E-state index in [0.29, 0.717) is 23.2 Å². The third kappa shape index (κ3) is 3.95. The topological polar surface area (TPSA) is 38.3 Å². The van der Waals surface area contributed by atoms with Crippen molar-refractivity contribution in [2.75, 3.05) is 13.2 Å². The average Bonchev–Trinajstić information content (AvgIpc) is 2.39. The number of rotatable bonds is 7. The van der Waals surface area contributed by atoms with Gasteiger partial charge in [0, 0.05) is 23.2 Å². The molecule has 22 heavy (non-hydrogen) atoms. The van der Waals surface area contributed by atoms with Crippen molar-refractivity contribution in [2.45, 2.75) is 51.0 Å². The molecule has 0 aliphatic heterocycles. The lowest BCUT2D eigenvalue weighted by Crippen LogP contribution is -2.49. The molecular weight excluding hydrogens is 321 g/mol. The van der Waals surface area contributed by atoms with Crippen molar-refractivity contribution in [3.8, 4) is 0 Å². The molecule has 3 nitrogen and oxygen atoms in total. The first kappa shape index (κ1) is 17.6. The highest BCUT2D eigenvalue weighted by atomic mass is 35.5. The predicted octanol–water partition coefficient (Wildman–Crippen LogP) is 4.35. The van der Waals surface area contributed by atoms with Crippen LogP contribution in [0.2, 0.25) is 10.0 Å². The lowest BCUT2D eigenvalue weighted by atomic mass is 9.63. The number of ether oxygens (including phenoxy) is 1. The molecule has 1 N–H and O–H groups in total. The summed E-state index contributed by atoms with van der Waals surface area (Å²) in [7, 11) is 0. The highest BCUT2D eigenvalue weighted by Gasteiger charge is 2.46. The van der Waals surface area contributed by atoms with Gasteiger partial charge in [0.2, 0.25) is 5.91 Å². The van der Waals surface area contributed by atoms with Crippen LogP contribution in [0.15, 0.2) is 18.2 Å². The molecule has 1 aliphatic rings. The predicted molar refractivity (Wildman–Crippen MR) is 90.7 cm³/mol. The number of benzene rings is 1. The molecule has 0 radical (unpaired) electrons. The normalized spacial score (nSPS) is 16.4. The van der Waals surface area contributed by atoms with Crippen molar-refractivity contribution in [3.63, 3.8) is 0 Å². The third-order valence-corrected chi connectivity index (χ3v) is 4.69. The van der Waals surface area contributed by atoms with Gasteiger partial charge in [0.1, 0.15) is 0 Å². The van der Waals surface area contributed by atoms with Crippen molar-refractivity contribution in [2.24, 2.45) is 0 Å². The van der Waals surface area contributed by atoms with Gasteiger partial charge in [-0.2, -0.15) is 0 Å². The summed E-state index contributed by atoms with van der Waals surface area (Å²) in [5.74, 6) is 0.0625. The number of nitrogens with one attached hydrogen (secondary N) is 1. The molecule has 0 heterocycles. The summed E-state index contributed by atoms with van der Waals surface area (Å²) in [6.45, 7) is 5.29. The van der Waals surface area contributed by atoms with E-state index in [1.54, 1.807) is 12.1 Å². The van der Waals surface area contributed by atoms with Gasteiger partial charge in [-0.05, 0) is 50.8 Å². The Hall–Kier alpha value is -0.770. The van der Waals surface area contributed by atoms with E-state index in [0.717, 1.165) is 31.2 Å². The number of amides is 1. The monoisotopic (exact) mass is 343 g/mol. The largest absolute Gasteiger partial charge is 0.379 e. The summed E-state index contributed by atoms with van der Waals surface area (Å²) in [4.78, 5) is 12.6. The highest BCUT2D eigenvalue weighted by molar-refractivity contribution is 6.35. The fraction of sp³-hybridized carbons (Fsp3) is 0.588. The van der Waals surface area contributed by atoms with E-state index in [2.05, 4.69) is 5.32 Å². The Labute approximate surface area is 142 Å². The number of carbonyl (C=O) groups is 1. The van der Waals surface area contributed by atoms with Crippen LogP contribution < -0.4 is 5.32 Å². The average molecular weight is 344 g/mol. The number of carbonyl (C=O) groups excluding carboxylic acids is 1. The highest BCUT2D eigenvalue weighted by Crippen LogP contribution is 2.46. The van der Waals surface area contributed by atoms with Crippen LogP contribution in [-0.4, -0.2) is 25.2 Å². The van der Waals surface area contributed by atoms with Gasteiger partial charge < -0.3 is 10.1 Å². The van der Waals surface area contributed by atoms with Gasteiger partial charge in [-0.25, -0.2) is 0 Å². The maximum Gasteiger partial charge on any atom is 0.230 e. The maximum absolute atomic E-state index is 12.6. The lowest BCUT2D eigenvalue weighted by Gasteiger charge is -2.41. The van der Waals surface area contributed by atoms with Crippen LogP contribution in [0.25, 0.3) is 0 Å². The van der Waals surface area contributed by atoms with E-state index >= 15 is 0 Å². The molecule has 5 heteroatoms. The lowest BCUT2D eigenvalue weighted by molar-refractivity contribution is -0.130. The van der Waals surface area contributed by atoms with E-state index in [9.17, 15) is 4.79 Å². The van der Waals surface area contributed by atoms with Crippen LogP contribution in [0.5, 0.6) is 0 Å². The van der Waals surface area contributed by atoms with E-state index < -0.39 is 5.41 Å². The van der Waals surface area contributed by atoms with E-state index in [-0.39, 0.29) is 12.0 Å². The molecule has 1 aromatic rings. The number of halogens is 2. The molecule has 2 rings (SSSR count). The molecule has 0 unspecified atom stereocenters. The quantitative estimate of drug-likeness (QED) is 0.747. The van der Waals surface area contributed by atoms with Crippen molar-refractivity contribution in [1.82, 2.24) is 5.32 Å². The van der Waals surface area contributed by atoms with Crippen LogP contribution >= 0.6 is 23.2 Å². The van der Waals surface area contributed by atoms with Gasteiger partial charge in [0.15, 0.2) is 0 Å². The molecule has 1 saturated carbocycles. The maximum atomic E-state index is 12.6. The molecule has 1 fully saturated rings. The zero-order valence-electron chi connectivity index (χ0n) is 13.1. The first-order chi connectivity index (χ1) is 10.5. The fourth-order valence-corrected chi connectivity index (χ4v) is 3.38. The van der Waals surface area contributed by atoms with E-state index in [1.807, 2.05) is 19.9 Å². The Morgan fingerprint density at radius 3 is 2.64 bits per heavy atom. The Morgan fingerprint density at radius 1 is 1.36 bits per heavy atom. The summed E-state index contributed by atoms with van der Waals surface area (Å²) < 4.78 is 5.48. The van der Waals surface area contributed by atoms with Crippen LogP contribution in [0.3, 0.4) is 0 Å². The Bertz CT molecular complexity index is 527. The van der Waals surface area contributed by atoms with Gasteiger partial charge in [0.25, 0.3) is 0 Å². The molecule has 0 spiro atoms. The zero-order chi connectivity index (χ0) is 16.2. The summed E-state index contributed by atoms with van der Waals surface area (Å²) >= 11 is 12.3. The van der Waals surface area contributed by atoms with Gasteiger partial charge >= 0.3 is 0 Å². The molecule has 0 aromatic heterocycles. The molecule has 0 bridgehead atoms. The van der Waals surface area contributed by atoms with E-state index in [1.165, 1.54) is 0 Å². The van der Waals surface area contributed by atoms with Crippen molar-refractivity contribution in [1.29, 1.82) is 0 Å². The number of hydrogen-bond acceptors (Lipinski definition) is 2. The Balaban J connectivity index is 1.96. The van der Waals surface area contributed by atoms with Crippen molar-refractivity contribution in [3.05, 3.63) is 33.8 Å². The van der Waals surface area contributed by atoms with Crippen LogP contribution in [0.4, 0.5) is 0 Å². The number of hydrogen-bond donors (Lipinski definition) is 1. The second-order valence-electron chi connectivity index (χ2n) is 6.09. The molecular formula is C17H23Cl2NO2. The van der Waals surface area contributed by atoms with Crippen LogP contribution in [0.1, 0.15) is 45.1 Å². The molecule has 122 valence electrons. The minimum atomic E-state index is -0.486. The fourth-order valence-electron chi connectivity index (χ4n) is 2.79. The first-order valence-corrected chi connectivity index (χ1v) is 8.57. The Kier molecular flexibility index (Phi) is 6.13. The first-order valence-electron chi connectivity index (χ1n) is 7.81. The molecule has 0 atom stereocenters. The van der Waals surface area contributed by atoms with Crippen LogP contribution in [-0.2, 0) is 14.9 Å². The summed E-state index contributed by atoms with van der Waals surface area (Å²) in [5.41, 5.74) is 0.404. The second-order valence-corrected chi connectivity index (χ2v) is 6.93. The van der Waals surface area contributed by atoms with E-state index in [4.69, 9.17) is 27.9 Å². The summed E-state index contributed by atoms with van der Waals surface area (Å²) in [6, 6.07) is 5.39. The standard InChI is InChI=1S/C17H23Cl2NO2/c1-12(2)22-10-4-9-20-16(21)17(7-3-8-17)14-6-5-13(18)11-15(14)19/h5-6,11-12H,3-4,7-10H2,1-2H3,(H,20,21). The van der Waals surface area contributed by atoms with Gasteiger partial charge in [-0.1, -0.05) is 35.7 Å². The van der Waals surface area contributed by atoms with Gasteiger partial charge in [0.05, 0.1) is 11.5 Å².